The fourth-order valence-corrected chi connectivity index (χ4v) is 2.55. The molecule has 126 valence electrons. The topological polar surface area (TPSA) is 91.8 Å². The van der Waals surface area contributed by atoms with Gasteiger partial charge in [-0.05, 0) is 37.8 Å². The molecular formula is C16H23N3O4. The van der Waals surface area contributed by atoms with Crippen molar-refractivity contribution in [2.24, 2.45) is 5.92 Å². The van der Waals surface area contributed by atoms with Gasteiger partial charge in [0.1, 0.15) is 0 Å². The van der Waals surface area contributed by atoms with E-state index in [4.69, 9.17) is 9.84 Å². The number of carbonyl (C=O) groups excluding carboxylic acids is 2. The number of aliphatic hydroxyl groups excluding tert-OH is 1. The number of alkyl carbamates (subject to hydrolysis) is 1. The highest BCUT2D eigenvalue weighted by Crippen LogP contribution is 2.18. The van der Waals surface area contributed by atoms with E-state index >= 15 is 0 Å². The molecule has 0 unspecified atom stereocenters. The predicted molar refractivity (Wildman–Crippen MR) is 83.8 cm³/mol. The van der Waals surface area contributed by atoms with Gasteiger partial charge in [-0.15, -0.1) is 0 Å². The smallest absolute Gasteiger partial charge is 0.407 e. The lowest BCUT2D eigenvalue weighted by atomic mass is 9.97. The summed E-state index contributed by atoms with van der Waals surface area (Å²) >= 11 is 0. The molecule has 2 rings (SSSR count). The summed E-state index contributed by atoms with van der Waals surface area (Å²) in [5.41, 5.74) is 1.16. The van der Waals surface area contributed by atoms with Crippen molar-refractivity contribution in [3.05, 3.63) is 29.6 Å². The minimum atomic E-state index is -0.503. The minimum absolute atomic E-state index is 0.0406. The summed E-state index contributed by atoms with van der Waals surface area (Å²) in [4.78, 5) is 29.7. The van der Waals surface area contributed by atoms with Crippen LogP contribution >= 0.6 is 0 Å². The van der Waals surface area contributed by atoms with Crippen LogP contribution in [-0.4, -0.2) is 53.3 Å². The number of hydrogen-bond acceptors (Lipinski definition) is 5. The number of aromatic nitrogens is 1. The number of aliphatic hydroxyl groups is 1. The highest BCUT2D eigenvalue weighted by atomic mass is 16.5. The molecule has 0 radical (unpaired) electrons. The maximum absolute atomic E-state index is 12.5. The van der Waals surface area contributed by atoms with Crippen LogP contribution in [0.5, 0.6) is 0 Å². The molecule has 0 aliphatic carbocycles. The van der Waals surface area contributed by atoms with Gasteiger partial charge >= 0.3 is 6.09 Å². The van der Waals surface area contributed by atoms with E-state index in [0.29, 0.717) is 36.9 Å². The lowest BCUT2D eigenvalue weighted by molar-refractivity contribution is 0.0650. The van der Waals surface area contributed by atoms with E-state index in [0.717, 1.165) is 12.8 Å². The molecule has 2 amide bonds. The Morgan fingerprint density at radius 2 is 2.17 bits per heavy atom. The first kappa shape index (κ1) is 17.2. The van der Waals surface area contributed by atoms with Gasteiger partial charge in [0, 0.05) is 31.5 Å². The molecule has 7 nitrogen and oxygen atoms in total. The second-order valence-corrected chi connectivity index (χ2v) is 5.53. The van der Waals surface area contributed by atoms with E-state index in [-0.39, 0.29) is 19.1 Å². The van der Waals surface area contributed by atoms with Crippen LogP contribution in [0.4, 0.5) is 4.79 Å². The van der Waals surface area contributed by atoms with Crippen LogP contribution < -0.4 is 5.32 Å². The molecule has 2 N–H and O–H groups in total. The maximum atomic E-state index is 12.5. The van der Waals surface area contributed by atoms with Crippen LogP contribution in [0.1, 0.15) is 35.8 Å². The summed E-state index contributed by atoms with van der Waals surface area (Å²) in [5.74, 6) is 0.252. The van der Waals surface area contributed by atoms with Crippen LogP contribution in [0, 0.1) is 5.92 Å². The number of piperidine rings is 1. The van der Waals surface area contributed by atoms with Crippen LogP contribution in [0.3, 0.4) is 0 Å². The molecule has 1 aromatic rings. The minimum Gasteiger partial charge on any atom is -0.450 e. The van der Waals surface area contributed by atoms with Gasteiger partial charge in [-0.2, -0.15) is 0 Å². The molecule has 1 aliphatic rings. The predicted octanol–water partition coefficient (Wildman–Crippen LogP) is 1.17. The first-order valence-electron chi connectivity index (χ1n) is 7.89. The van der Waals surface area contributed by atoms with Crippen molar-refractivity contribution in [3.63, 3.8) is 0 Å². The van der Waals surface area contributed by atoms with Crippen LogP contribution in [0.15, 0.2) is 18.3 Å². The Kier molecular flexibility index (Phi) is 6.34. The van der Waals surface area contributed by atoms with Crippen molar-refractivity contribution in [1.29, 1.82) is 0 Å². The van der Waals surface area contributed by atoms with E-state index < -0.39 is 6.09 Å². The first-order valence-corrected chi connectivity index (χ1v) is 7.89. The highest BCUT2D eigenvalue weighted by molar-refractivity contribution is 5.94. The Hall–Kier alpha value is -2.15. The Morgan fingerprint density at radius 1 is 1.43 bits per heavy atom. The van der Waals surface area contributed by atoms with Gasteiger partial charge in [0.05, 0.1) is 18.8 Å². The summed E-state index contributed by atoms with van der Waals surface area (Å²) in [6.45, 7) is 3.75. The maximum Gasteiger partial charge on any atom is 0.407 e. The van der Waals surface area contributed by atoms with Gasteiger partial charge < -0.3 is 20.1 Å². The molecule has 1 fully saturated rings. The molecule has 2 heterocycles. The van der Waals surface area contributed by atoms with Gasteiger partial charge in [0.15, 0.2) is 0 Å². The molecular weight excluding hydrogens is 298 g/mol. The molecule has 7 heteroatoms. The van der Waals surface area contributed by atoms with Crippen molar-refractivity contribution < 1.29 is 19.4 Å². The molecule has 1 aliphatic heterocycles. The number of nitrogens with zero attached hydrogens (tertiary/aromatic N) is 2. The molecule has 0 aromatic carbocycles. The lowest BCUT2D eigenvalue weighted by Gasteiger charge is -2.31. The van der Waals surface area contributed by atoms with E-state index in [1.807, 2.05) is 0 Å². The number of hydrogen-bond donors (Lipinski definition) is 2. The highest BCUT2D eigenvalue weighted by Gasteiger charge is 2.23. The van der Waals surface area contributed by atoms with Crippen LogP contribution in [0.2, 0.25) is 0 Å². The van der Waals surface area contributed by atoms with E-state index in [1.165, 1.54) is 0 Å². The second-order valence-electron chi connectivity index (χ2n) is 5.53. The van der Waals surface area contributed by atoms with Gasteiger partial charge in [0.2, 0.25) is 0 Å². The average molecular weight is 321 g/mol. The SMILES string of the molecule is CCOC(=O)NCc1cc(C(=O)N2CCC(CO)CC2)ccn1. The third kappa shape index (κ3) is 4.92. The standard InChI is InChI=1S/C16H23N3O4/c1-2-23-16(22)18-10-14-9-13(3-6-17-14)15(21)19-7-4-12(11-20)5-8-19/h3,6,9,12,20H,2,4-5,7-8,10-11H2,1H3,(H,18,22). The zero-order valence-electron chi connectivity index (χ0n) is 13.3. The quantitative estimate of drug-likeness (QED) is 0.849. The molecule has 0 bridgehead atoms. The fraction of sp³-hybridized carbons (Fsp3) is 0.562. The van der Waals surface area contributed by atoms with E-state index in [1.54, 1.807) is 30.2 Å². The average Bonchev–Trinajstić information content (AvgIpc) is 2.60. The first-order chi connectivity index (χ1) is 11.1. The summed E-state index contributed by atoms with van der Waals surface area (Å²) in [6, 6.07) is 3.36. The number of ether oxygens (including phenoxy) is 1. The number of rotatable bonds is 5. The number of nitrogens with one attached hydrogen (secondary N) is 1. The number of carbonyl (C=O) groups is 2. The normalized spacial score (nSPS) is 15.3. The van der Waals surface area contributed by atoms with Gasteiger partial charge in [-0.25, -0.2) is 4.79 Å². The summed E-state index contributed by atoms with van der Waals surface area (Å²) in [5, 5.41) is 11.7. The number of pyridine rings is 1. The Balaban J connectivity index is 1.93. The van der Waals surface area contributed by atoms with Crippen molar-refractivity contribution in [1.82, 2.24) is 15.2 Å². The third-order valence-electron chi connectivity index (χ3n) is 3.91. The Labute approximate surface area is 135 Å². The summed E-state index contributed by atoms with van der Waals surface area (Å²) in [7, 11) is 0. The zero-order valence-corrected chi connectivity index (χ0v) is 13.3. The Bertz CT molecular complexity index is 542. The molecule has 0 atom stereocenters. The molecule has 1 aromatic heterocycles. The summed E-state index contributed by atoms with van der Waals surface area (Å²) in [6.07, 6.45) is 2.71. The molecule has 1 saturated heterocycles. The lowest BCUT2D eigenvalue weighted by Crippen LogP contribution is -2.39. The van der Waals surface area contributed by atoms with Gasteiger partial charge in [-0.1, -0.05) is 0 Å². The molecule has 0 spiro atoms. The van der Waals surface area contributed by atoms with Crippen molar-refractivity contribution in [2.75, 3.05) is 26.3 Å². The Morgan fingerprint density at radius 3 is 2.83 bits per heavy atom. The van der Waals surface area contributed by atoms with Gasteiger partial charge in [0.25, 0.3) is 5.91 Å². The number of amides is 2. The van der Waals surface area contributed by atoms with Crippen molar-refractivity contribution in [2.45, 2.75) is 26.3 Å². The van der Waals surface area contributed by atoms with Crippen molar-refractivity contribution in [3.8, 4) is 0 Å². The summed E-state index contributed by atoms with van der Waals surface area (Å²) < 4.78 is 4.78. The number of likely N-dealkylation sites (tertiary alicyclic amines) is 1. The monoisotopic (exact) mass is 321 g/mol. The molecule has 0 saturated carbocycles. The van der Waals surface area contributed by atoms with Crippen molar-refractivity contribution >= 4 is 12.0 Å². The van der Waals surface area contributed by atoms with E-state index in [9.17, 15) is 9.59 Å². The molecule has 23 heavy (non-hydrogen) atoms. The fourth-order valence-electron chi connectivity index (χ4n) is 2.55. The zero-order chi connectivity index (χ0) is 16.7. The third-order valence-corrected chi connectivity index (χ3v) is 3.91. The van der Waals surface area contributed by atoms with E-state index in [2.05, 4.69) is 10.3 Å². The van der Waals surface area contributed by atoms with Crippen LogP contribution in [0.25, 0.3) is 0 Å². The second kappa shape index (κ2) is 8.47. The van der Waals surface area contributed by atoms with Gasteiger partial charge in [-0.3, -0.25) is 9.78 Å². The van der Waals surface area contributed by atoms with Crippen LogP contribution in [-0.2, 0) is 11.3 Å². The largest absolute Gasteiger partial charge is 0.450 e.